The SMILES string of the molecule is COc1ccccc1OC1CN(C(=O)c2cccc(-c3cn(C)nc3C)c2)C1. The number of likely N-dealkylation sites (tertiary alicyclic amines) is 1. The number of carbonyl (C=O) groups excluding carboxylic acids is 1. The number of nitrogens with zero attached hydrogens (tertiary/aromatic N) is 3. The lowest BCUT2D eigenvalue weighted by Gasteiger charge is -2.39. The van der Waals surface area contributed by atoms with Crippen LogP contribution in [0.3, 0.4) is 0 Å². The molecule has 0 N–H and O–H groups in total. The van der Waals surface area contributed by atoms with Gasteiger partial charge in [-0.1, -0.05) is 24.3 Å². The number of aryl methyl sites for hydroxylation is 2. The largest absolute Gasteiger partial charge is 0.493 e. The van der Waals surface area contributed by atoms with Gasteiger partial charge in [-0.05, 0) is 36.8 Å². The molecule has 0 radical (unpaired) electrons. The van der Waals surface area contributed by atoms with E-state index in [0.717, 1.165) is 16.8 Å². The van der Waals surface area contributed by atoms with E-state index >= 15 is 0 Å². The average molecular weight is 377 g/mol. The van der Waals surface area contributed by atoms with Gasteiger partial charge < -0.3 is 14.4 Å². The first-order valence-electron chi connectivity index (χ1n) is 9.25. The minimum Gasteiger partial charge on any atom is -0.493 e. The first-order chi connectivity index (χ1) is 13.5. The van der Waals surface area contributed by atoms with E-state index in [1.54, 1.807) is 16.7 Å². The summed E-state index contributed by atoms with van der Waals surface area (Å²) >= 11 is 0. The van der Waals surface area contributed by atoms with Gasteiger partial charge in [0.25, 0.3) is 5.91 Å². The van der Waals surface area contributed by atoms with Crippen LogP contribution in [0.5, 0.6) is 11.5 Å². The molecule has 144 valence electrons. The van der Waals surface area contributed by atoms with E-state index in [2.05, 4.69) is 5.10 Å². The molecule has 0 spiro atoms. The Hall–Kier alpha value is -3.28. The fourth-order valence-electron chi connectivity index (χ4n) is 3.46. The molecule has 2 heterocycles. The van der Waals surface area contributed by atoms with Gasteiger partial charge in [-0.2, -0.15) is 5.10 Å². The molecule has 1 aromatic heterocycles. The number of carbonyl (C=O) groups is 1. The second kappa shape index (κ2) is 7.38. The Morgan fingerprint density at radius 1 is 1.11 bits per heavy atom. The van der Waals surface area contributed by atoms with Gasteiger partial charge in [0.05, 0.1) is 25.9 Å². The topological polar surface area (TPSA) is 56.6 Å². The van der Waals surface area contributed by atoms with Crippen molar-refractivity contribution in [2.45, 2.75) is 13.0 Å². The molecule has 1 fully saturated rings. The fraction of sp³-hybridized carbons (Fsp3) is 0.273. The highest BCUT2D eigenvalue weighted by Gasteiger charge is 2.33. The minimum absolute atomic E-state index is 0.0169. The number of aromatic nitrogens is 2. The summed E-state index contributed by atoms with van der Waals surface area (Å²) in [5, 5.41) is 4.38. The van der Waals surface area contributed by atoms with Gasteiger partial charge >= 0.3 is 0 Å². The predicted molar refractivity (Wildman–Crippen MR) is 107 cm³/mol. The Balaban J connectivity index is 1.43. The van der Waals surface area contributed by atoms with Crippen LogP contribution in [-0.2, 0) is 7.05 Å². The van der Waals surface area contributed by atoms with Crippen LogP contribution in [0.1, 0.15) is 16.1 Å². The number of rotatable bonds is 5. The van der Waals surface area contributed by atoms with Crippen LogP contribution in [0, 0.1) is 6.92 Å². The molecule has 6 nitrogen and oxygen atoms in total. The molecule has 4 rings (SSSR count). The molecule has 1 amide bonds. The van der Waals surface area contributed by atoms with Gasteiger partial charge in [0.1, 0.15) is 6.10 Å². The van der Waals surface area contributed by atoms with Crippen molar-refractivity contribution < 1.29 is 14.3 Å². The lowest BCUT2D eigenvalue weighted by molar-refractivity contribution is 0.0169. The van der Waals surface area contributed by atoms with Crippen molar-refractivity contribution in [3.05, 3.63) is 66.0 Å². The van der Waals surface area contributed by atoms with Crippen LogP contribution < -0.4 is 9.47 Å². The summed E-state index contributed by atoms with van der Waals surface area (Å²) in [5.74, 6) is 1.42. The molecule has 0 saturated carbocycles. The van der Waals surface area contributed by atoms with E-state index in [1.165, 1.54) is 0 Å². The van der Waals surface area contributed by atoms with Crippen molar-refractivity contribution in [3.63, 3.8) is 0 Å². The molecular formula is C22H23N3O3. The standard InChI is InChI=1S/C22H23N3O3/c1-15-19(14-24(2)23-15)16-7-6-8-17(11-16)22(26)25-12-18(13-25)28-21-10-5-4-9-20(21)27-3/h4-11,14,18H,12-13H2,1-3H3. The Kier molecular flexibility index (Phi) is 4.77. The second-order valence-electron chi connectivity index (χ2n) is 6.98. The number of methoxy groups -OCH3 is 1. The average Bonchev–Trinajstić information content (AvgIpc) is 3.02. The molecule has 28 heavy (non-hydrogen) atoms. The Labute approximate surface area is 164 Å². The molecule has 6 heteroatoms. The van der Waals surface area contributed by atoms with E-state index in [-0.39, 0.29) is 12.0 Å². The molecule has 0 atom stereocenters. The van der Waals surface area contributed by atoms with Crippen LogP contribution in [-0.4, -0.2) is 46.9 Å². The van der Waals surface area contributed by atoms with Crippen LogP contribution in [0.4, 0.5) is 0 Å². The zero-order chi connectivity index (χ0) is 19.7. The summed E-state index contributed by atoms with van der Waals surface area (Å²) in [4.78, 5) is 14.6. The summed E-state index contributed by atoms with van der Waals surface area (Å²) in [6.45, 7) is 3.10. The molecule has 0 unspecified atom stereocenters. The number of para-hydroxylation sites is 2. The number of hydrogen-bond acceptors (Lipinski definition) is 4. The summed E-state index contributed by atoms with van der Waals surface area (Å²) in [7, 11) is 3.52. The second-order valence-corrected chi connectivity index (χ2v) is 6.98. The molecule has 0 aliphatic carbocycles. The van der Waals surface area contributed by atoms with E-state index < -0.39 is 0 Å². The van der Waals surface area contributed by atoms with Crippen LogP contribution >= 0.6 is 0 Å². The quantitative estimate of drug-likeness (QED) is 0.685. The number of ether oxygens (including phenoxy) is 2. The highest BCUT2D eigenvalue weighted by molar-refractivity contribution is 5.96. The normalized spacial score (nSPS) is 13.9. The van der Waals surface area contributed by atoms with Gasteiger partial charge in [-0.25, -0.2) is 0 Å². The third-order valence-corrected chi connectivity index (χ3v) is 4.93. The summed E-state index contributed by atoms with van der Waals surface area (Å²) in [5.41, 5.74) is 3.66. The van der Waals surface area contributed by atoms with Crippen LogP contribution in [0.2, 0.25) is 0 Å². The van der Waals surface area contributed by atoms with Crippen molar-refractivity contribution in [1.82, 2.24) is 14.7 Å². The molecule has 0 bridgehead atoms. The van der Waals surface area contributed by atoms with E-state index in [9.17, 15) is 4.79 Å². The summed E-state index contributed by atoms with van der Waals surface area (Å²) in [6.07, 6.45) is 1.95. The number of amides is 1. The Morgan fingerprint density at radius 3 is 2.54 bits per heavy atom. The van der Waals surface area contributed by atoms with Gasteiger partial charge in [0.15, 0.2) is 11.5 Å². The highest BCUT2D eigenvalue weighted by atomic mass is 16.5. The predicted octanol–water partition coefficient (Wildman–Crippen LogP) is 3.31. The molecular weight excluding hydrogens is 354 g/mol. The molecule has 1 saturated heterocycles. The monoisotopic (exact) mass is 377 g/mol. The molecule has 3 aromatic rings. The number of benzene rings is 2. The third kappa shape index (κ3) is 3.45. The zero-order valence-electron chi connectivity index (χ0n) is 16.3. The van der Waals surface area contributed by atoms with E-state index in [1.807, 2.05) is 68.7 Å². The van der Waals surface area contributed by atoms with Crippen LogP contribution in [0.15, 0.2) is 54.7 Å². The maximum Gasteiger partial charge on any atom is 0.254 e. The van der Waals surface area contributed by atoms with Crippen molar-refractivity contribution in [3.8, 4) is 22.6 Å². The summed E-state index contributed by atoms with van der Waals surface area (Å²) < 4.78 is 13.1. The van der Waals surface area contributed by atoms with Crippen molar-refractivity contribution in [2.75, 3.05) is 20.2 Å². The van der Waals surface area contributed by atoms with Crippen LogP contribution in [0.25, 0.3) is 11.1 Å². The maximum absolute atomic E-state index is 12.8. The first kappa shape index (κ1) is 18.1. The smallest absolute Gasteiger partial charge is 0.254 e. The molecule has 1 aliphatic rings. The Bertz CT molecular complexity index is 1010. The van der Waals surface area contributed by atoms with E-state index in [0.29, 0.717) is 30.2 Å². The third-order valence-electron chi connectivity index (χ3n) is 4.93. The van der Waals surface area contributed by atoms with Crippen molar-refractivity contribution in [2.24, 2.45) is 7.05 Å². The minimum atomic E-state index is -0.0241. The summed E-state index contributed by atoms with van der Waals surface area (Å²) in [6, 6.07) is 15.3. The lowest BCUT2D eigenvalue weighted by Crippen LogP contribution is -2.56. The van der Waals surface area contributed by atoms with Gasteiger partial charge in [-0.15, -0.1) is 0 Å². The van der Waals surface area contributed by atoms with E-state index in [4.69, 9.17) is 9.47 Å². The molecule has 1 aliphatic heterocycles. The van der Waals surface area contributed by atoms with Gasteiger partial charge in [0.2, 0.25) is 0 Å². The van der Waals surface area contributed by atoms with Gasteiger partial charge in [-0.3, -0.25) is 9.48 Å². The lowest BCUT2D eigenvalue weighted by atomic mass is 10.0. The fourth-order valence-corrected chi connectivity index (χ4v) is 3.46. The van der Waals surface area contributed by atoms with Crippen molar-refractivity contribution in [1.29, 1.82) is 0 Å². The number of hydrogen-bond donors (Lipinski definition) is 0. The highest BCUT2D eigenvalue weighted by Crippen LogP contribution is 2.29. The Morgan fingerprint density at radius 2 is 1.86 bits per heavy atom. The van der Waals surface area contributed by atoms with Gasteiger partial charge in [0, 0.05) is 24.4 Å². The van der Waals surface area contributed by atoms with Crippen molar-refractivity contribution >= 4 is 5.91 Å². The first-order valence-corrected chi connectivity index (χ1v) is 9.25. The maximum atomic E-state index is 12.8. The zero-order valence-corrected chi connectivity index (χ0v) is 16.3. The molecule has 2 aromatic carbocycles.